The van der Waals surface area contributed by atoms with Crippen molar-refractivity contribution in [1.82, 2.24) is 24.6 Å². The van der Waals surface area contributed by atoms with Gasteiger partial charge < -0.3 is 15.0 Å². The maximum atomic E-state index is 13.4. The van der Waals surface area contributed by atoms with E-state index in [9.17, 15) is 19.1 Å². The number of hydrogen-bond donors (Lipinski definition) is 3. The van der Waals surface area contributed by atoms with Crippen LogP contribution in [0.15, 0.2) is 29.1 Å². The second-order valence-electron chi connectivity index (χ2n) is 7.05. The molecule has 1 aliphatic rings. The highest BCUT2D eigenvalue weighted by molar-refractivity contribution is 9.10. The second-order valence-corrected chi connectivity index (χ2v) is 8.21. The number of anilines is 1. The largest absolute Gasteiger partial charge is 0.465 e. The summed E-state index contributed by atoms with van der Waals surface area (Å²) < 4.78 is 15.7. The number of benzene rings is 1. The Hall–Kier alpha value is -2.92. The molecule has 1 aromatic carbocycles. The smallest absolute Gasteiger partial charge is 0.408 e. The highest BCUT2D eigenvalue weighted by Gasteiger charge is 2.38. The van der Waals surface area contributed by atoms with Crippen molar-refractivity contribution in [3.8, 4) is 0 Å². The molecule has 3 N–H and O–H groups in total. The second kappa shape index (κ2) is 8.31. The lowest BCUT2D eigenvalue weighted by atomic mass is 10.1. The van der Waals surface area contributed by atoms with Crippen LogP contribution < -0.4 is 5.32 Å². The number of carbonyl (C=O) groups is 2. The summed E-state index contributed by atoms with van der Waals surface area (Å²) in [4.78, 5) is 30.3. The van der Waals surface area contributed by atoms with Crippen LogP contribution in [0.5, 0.6) is 0 Å². The number of nitrogens with one attached hydrogen (secondary N) is 2. The molecule has 2 heterocycles. The average molecular weight is 512 g/mol. The molecular weight excluding hydrogens is 495 g/mol. The first kappa shape index (κ1) is 21.3. The van der Waals surface area contributed by atoms with Crippen molar-refractivity contribution in [2.75, 3.05) is 5.32 Å². The first-order chi connectivity index (χ1) is 14.8. The number of rotatable bonds is 5. The predicted molar refractivity (Wildman–Crippen MR) is 113 cm³/mol. The zero-order valence-electron chi connectivity index (χ0n) is 16.2. The van der Waals surface area contributed by atoms with E-state index in [1.54, 1.807) is 11.6 Å². The lowest BCUT2D eigenvalue weighted by molar-refractivity contribution is 0.101. The number of halogens is 3. The summed E-state index contributed by atoms with van der Waals surface area (Å²) in [5, 5.41) is 18.9. The van der Waals surface area contributed by atoms with Gasteiger partial charge in [-0.05, 0) is 52.5 Å². The third-order valence-corrected chi connectivity index (χ3v) is 6.50. The van der Waals surface area contributed by atoms with Gasteiger partial charge in [-0.1, -0.05) is 11.6 Å². The number of amides is 2. The molecule has 4 rings (SSSR count). The first-order valence-electron chi connectivity index (χ1n) is 9.25. The fraction of sp³-hybridized carbons (Fsp3) is 0.263. The number of aromatic amines is 1. The molecule has 12 heteroatoms. The third kappa shape index (κ3) is 3.90. The lowest BCUT2D eigenvalue weighted by Gasteiger charge is -2.25. The van der Waals surface area contributed by atoms with Crippen molar-refractivity contribution in [2.24, 2.45) is 7.05 Å². The number of hydrogen-bond acceptors (Lipinski definition) is 4. The van der Waals surface area contributed by atoms with E-state index in [1.807, 2.05) is 0 Å². The van der Waals surface area contributed by atoms with Crippen LogP contribution in [0.25, 0.3) is 0 Å². The van der Waals surface area contributed by atoms with E-state index in [4.69, 9.17) is 11.6 Å². The van der Waals surface area contributed by atoms with Gasteiger partial charge in [0.2, 0.25) is 0 Å². The van der Waals surface area contributed by atoms with Gasteiger partial charge in [0.05, 0.1) is 22.2 Å². The standard InChI is InChI=1S/C19H17BrClFN6O3/c1-27-16(18(29)25-9-2-4-12(22)11(21)6-9)10-3-5-13(15(10)17(27)20)28(19(30)31)7-14-23-8-24-26-14/h2,4,6,8,13H,3,5,7H2,1H3,(H,25,29)(H,30,31)(H,23,24,26). The summed E-state index contributed by atoms with van der Waals surface area (Å²) in [6, 6.07) is 3.46. The highest BCUT2D eigenvalue weighted by Crippen LogP contribution is 2.44. The molecule has 2 aromatic heterocycles. The predicted octanol–water partition coefficient (Wildman–Crippen LogP) is 4.12. The minimum Gasteiger partial charge on any atom is -0.465 e. The van der Waals surface area contributed by atoms with Crippen molar-refractivity contribution < 1.29 is 19.1 Å². The summed E-state index contributed by atoms with van der Waals surface area (Å²) in [5.41, 5.74) is 2.25. The lowest BCUT2D eigenvalue weighted by Crippen LogP contribution is -2.32. The summed E-state index contributed by atoms with van der Waals surface area (Å²) in [6.07, 6.45) is 1.32. The maximum Gasteiger partial charge on any atom is 0.408 e. The SMILES string of the molecule is Cn1c(Br)c2c(c1C(=O)Nc1ccc(F)c(Cl)c1)CCC2N(Cc1nc[nH]n1)C(=O)O. The topological polar surface area (TPSA) is 116 Å². The summed E-state index contributed by atoms with van der Waals surface area (Å²) in [7, 11) is 1.71. The highest BCUT2D eigenvalue weighted by atomic mass is 79.9. The van der Waals surface area contributed by atoms with Gasteiger partial charge in [-0.3, -0.25) is 14.8 Å². The molecule has 0 fully saturated rings. The molecule has 0 radical (unpaired) electrons. The number of fused-ring (bicyclic) bond motifs is 1. The minimum absolute atomic E-state index is 0.0138. The Kier molecular flexibility index (Phi) is 5.71. The average Bonchev–Trinajstić information content (AvgIpc) is 3.42. The Morgan fingerprint density at radius 2 is 2.26 bits per heavy atom. The Morgan fingerprint density at radius 3 is 2.90 bits per heavy atom. The molecule has 0 aliphatic heterocycles. The molecular formula is C19H17BrClFN6O3. The fourth-order valence-electron chi connectivity index (χ4n) is 3.89. The van der Waals surface area contributed by atoms with Crippen LogP contribution in [-0.2, 0) is 20.0 Å². The molecule has 1 unspecified atom stereocenters. The fourth-order valence-corrected chi connectivity index (χ4v) is 4.75. The number of aromatic nitrogens is 4. The Bertz CT molecular complexity index is 1170. The Balaban J connectivity index is 1.66. The maximum absolute atomic E-state index is 13.4. The van der Waals surface area contributed by atoms with Crippen molar-refractivity contribution in [3.63, 3.8) is 0 Å². The van der Waals surface area contributed by atoms with Crippen LogP contribution in [0, 0.1) is 5.82 Å². The van der Waals surface area contributed by atoms with Gasteiger partial charge in [0, 0.05) is 18.3 Å². The van der Waals surface area contributed by atoms with E-state index in [2.05, 4.69) is 36.4 Å². The zero-order chi connectivity index (χ0) is 22.3. The minimum atomic E-state index is -1.11. The Morgan fingerprint density at radius 1 is 1.48 bits per heavy atom. The quantitative estimate of drug-likeness (QED) is 0.477. The molecule has 1 atom stereocenters. The molecule has 9 nitrogen and oxygen atoms in total. The van der Waals surface area contributed by atoms with Crippen molar-refractivity contribution in [2.45, 2.75) is 25.4 Å². The van der Waals surface area contributed by atoms with Crippen LogP contribution >= 0.6 is 27.5 Å². The van der Waals surface area contributed by atoms with Gasteiger partial charge in [-0.25, -0.2) is 14.2 Å². The van der Waals surface area contributed by atoms with Gasteiger partial charge in [0.25, 0.3) is 5.91 Å². The van der Waals surface area contributed by atoms with E-state index in [-0.39, 0.29) is 11.6 Å². The van der Waals surface area contributed by atoms with Crippen LogP contribution in [0.1, 0.15) is 39.9 Å². The molecule has 3 aromatic rings. The monoisotopic (exact) mass is 510 g/mol. The molecule has 0 bridgehead atoms. The van der Waals surface area contributed by atoms with E-state index >= 15 is 0 Å². The molecule has 1 aliphatic carbocycles. The van der Waals surface area contributed by atoms with Crippen molar-refractivity contribution >= 4 is 45.2 Å². The first-order valence-corrected chi connectivity index (χ1v) is 10.4. The number of carboxylic acid groups (broad SMARTS) is 1. The van der Waals surface area contributed by atoms with Crippen LogP contribution in [0.3, 0.4) is 0 Å². The van der Waals surface area contributed by atoms with Crippen molar-refractivity contribution in [3.05, 3.63) is 62.6 Å². The third-order valence-electron chi connectivity index (χ3n) is 5.26. The van der Waals surface area contributed by atoms with E-state index in [0.29, 0.717) is 34.7 Å². The summed E-state index contributed by atoms with van der Waals surface area (Å²) in [6.45, 7) is 0.0138. The Labute approximate surface area is 189 Å². The van der Waals surface area contributed by atoms with Crippen LogP contribution in [0.4, 0.5) is 14.9 Å². The zero-order valence-corrected chi connectivity index (χ0v) is 18.5. The van der Waals surface area contributed by atoms with Crippen LogP contribution in [0.2, 0.25) is 5.02 Å². The van der Waals surface area contributed by atoms with Gasteiger partial charge in [-0.2, -0.15) is 5.10 Å². The molecule has 162 valence electrons. The summed E-state index contributed by atoms with van der Waals surface area (Å²) in [5.74, 6) is -0.622. The van der Waals surface area contributed by atoms with E-state index in [0.717, 1.165) is 11.1 Å². The molecule has 0 saturated carbocycles. The van der Waals surface area contributed by atoms with Crippen molar-refractivity contribution in [1.29, 1.82) is 0 Å². The van der Waals surface area contributed by atoms with Gasteiger partial charge in [0.1, 0.15) is 17.8 Å². The van der Waals surface area contributed by atoms with E-state index < -0.39 is 23.9 Å². The normalized spacial score (nSPS) is 15.0. The molecule has 2 amide bonds. The number of nitrogens with zero attached hydrogens (tertiary/aromatic N) is 4. The van der Waals surface area contributed by atoms with Gasteiger partial charge in [0.15, 0.2) is 5.82 Å². The number of carbonyl (C=O) groups excluding carboxylic acids is 1. The number of H-pyrrole nitrogens is 1. The van der Waals surface area contributed by atoms with Gasteiger partial charge >= 0.3 is 6.09 Å². The van der Waals surface area contributed by atoms with Crippen LogP contribution in [-0.4, -0.2) is 41.8 Å². The molecule has 31 heavy (non-hydrogen) atoms. The summed E-state index contributed by atoms with van der Waals surface area (Å²) >= 11 is 9.32. The molecule has 0 saturated heterocycles. The molecule has 0 spiro atoms. The van der Waals surface area contributed by atoms with E-state index in [1.165, 1.54) is 29.4 Å². The van der Waals surface area contributed by atoms with Gasteiger partial charge in [-0.15, -0.1) is 0 Å².